The molecule has 2 heterocycles. The number of hydrogen-bond acceptors (Lipinski definition) is 6. The number of carbonyl (C=O) groups is 3. The lowest BCUT2D eigenvalue weighted by Gasteiger charge is -2.36. The molecule has 10 heteroatoms. The van der Waals surface area contributed by atoms with Gasteiger partial charge in [0.05, 0.1) is 24.8 Å². The predicted octanol–water partition coefficient (Wildman–Crippen LogP) is 1.29. The van der Waals surface area contributed by atoms with Gasteiger partial charge < -0.3 is 20.7 Å². The highest BCUT2D eigenvalue weighted by molar-refractivity contribution is 5.95. The van der Waals surface area contributed by atoms with Gasteiger partial charge in [-0.2, -0.15) is 0 Å². The van der Waals surface area contributed by atoms with Crippen molar-refractivity contribution in [1.29, 1.82) is 0 Å². The average molecular weight is 448 g/mol. The summed E-state index contributed by atoms with van der Waals surface area (Å²) < 4.78 is 18.5. The number of carbonyl (C=O) groups excluding carboxylic acids is 3. The summed E-state index contributed by atoms with van der Waals surface area (Å²) in [5, 5.41) is 8.25. The monoisotopic (exact) mass is 447 g/mol. The second-order valence-electron chi connectivity index (χ2n) is 7.78. The molecule has 3 rings (SSSR count). The van der Waals surface area contributed by atoms with E-state index in [1.54, 1.807) is 19.1 Å². The number of rotatable bonds is 8. The highest BCUT2D eigenvalue weighted by Gasteiger charge is 2.32. The third-order valence-electron chi connectivity index (χ3n) is 5.47. The highest BCUT2D eigenvalue weighted by atomic mass is 19.1. The number of anilines is 1. The smallest absolute Gasteiger partial charge is 0.337 e. The van der Waals surface area contributed by atoms with Gasteiger partial charge in [0.2, 0.25) is 5.91 Å². The number of benzene rings is 1. The molecule has 0 saturated carbocycles. The van der Waals surface area contributed by atoms with Crippen LogP contribution in [0.3, 0.4) is 0 Å². The summed E-state index contributed by atoms with van der Waals surface area (Å²) in [6.45, 7) is 7.19. The summed E-state index contributed by atoms with van der Waals surface area (Å²) in [4.78, 5) is 41.0. The molecule has 1 aromatic carbocycles. The van der Waals surface area contributed by atoms with E-state index in [9.17, 15) is 18.8 Å². The molecule has 1 fully saturated rings. The zero-order valence-corrected chi connectivity index (χ0v) is 18.4. The van der Waals surface area contributed by atoms with Crippen LogP contribution < -0.4 is 16.0 Å². The van der Waals surface area contributed by atoms with Gasteiger partial charge in [-0.3, -0.25) is 14.6 Å². The van der Waals surface area contributed by atoms with Crippen LogP contribution in [0.5, 0.6) is 0 Å². The maximum absolute atomic E-state index is 13.3. The number of nitrogens with zero attached hydrogens (tertiary/aromatic N) is 2. The summed E-state index contributed by atoms with van der Waals surface area (Å²) in [6, 6.07) is 5.08. The van der Waals surface area contributed by atoms with E-state index in [1.165, 1.54) is 12.1 Å². The van der Waals surface area contributed by atoms with Crippen LogP contribution in [0.4, 0.5) is 14.9 Å². The Morgan fingerprint density at radius 3 is 2.56 bits per heavy atom. The Bertz CT molecular complexity index is 883. The Labute approximate surface area is 187 Å². The number of nitrogens with one attached hydrogen (secondary N) is 3. The van der Waals surface area contributed by atoms with Crippen LogP contribution in [0.2, 0.25) is 0 Å². The quantitative estimate of drug-likeness (QED) is 0.519. The van der Waals surface area contributed by atoms with Gasteiger partial charge in [-0.05, 0) is 31.5 Å². The van der Waals surface area contributed by atoms with Gasteiger partial charge in [0.1, 0.15) is 5.82 Å². The number of amides is 3. The Hall–Kier alpha value is -2.98. The number of urea groups is 1. The average Bonchev–Trinajstić information content (AvgIpc) is 2.74. The summed E-state index contributed by atoms with van der Waals surface area (Å²) >= 11 is 0. The third kappa shape index (κ3) is 6.27. The van der Waals surface area contributed by atoms with Crippen LogP contribution in [0.1, 0.15) is 20.3 Å². The second-order valence-corrected chi connectivity index (χ2v) is 7.78. The number of piperazine rings is 1. The maximum atomic E-state index is 13.3. The van der Waals surface area contributed by atoms with Crippen LogP contribution in [-0.4, -0.2) is 79.6 Å². The Kier molecular flexibility index (Phi) is 8.18. The molecule has 32 heavy (non-hydrogen) atoms. The highest BCUT2D eigenvalue weighted by Crippen LogP contribution is 2.18. The zero-order valence-electron chi connectivity index (χ0n) is 18.4. The van der Waals surface area contributed by atoms with E-state index in [2.05, 4.69) is 20.9 Å². The van der Waals surface area contributed by atoms with Crippen LogP contribution in [0, 0.1) is 5.82 Å². The first-order chi connectivity index (χ1) is 15.4. The summed E-state index contributed by atoms with van der Waals surface area (Å²) in [5.41, 5.74) is 1.46. The van der Waals surface area contributed by atoms with E-state index in [-0.39, 0.29) is 31.1 Å². The molecule has 3 N–H and O–H groups in total. The largest absolute Gasteiger partial charge is 0.463 e. The van der Waals surface area contributed by atoms with Crippen molar-refractivity contribution >= 4 is 23.6 Å². The van der Waals surface area contributed by atoms with E-state index in [1.807, 2.05) is 11.8 Å². The van der Waals surface area contributed by atoms with Gasteiger partial charge in [-0.1, -0.05) is 13.0 Å². The normalized spacial score (nSPS) is 19.8. The molecule has 0 radical (unpaired) electrons. The summed E-state index contributed by atoms with van der Waals surface area (Å²) in [6.07, 6.45) is 0.583. The molecule has 2 aliphatic heterocycles. The molecule has 9 nitrogen and oxygen atoms in total. The number of halogens is 1. The first-order valence-corrected chi connectivity index (χ1v) is 10.9. The lowest BCUT2D eigenvalue weighted by molar-refractivity contribution is -0.139. The fourth-order valence-electron chi connectivity index (χ4n) is 3.89. The molecular weight excluding hydrogens is 417 g/mol. The SMILES string of the molecule is CCOC(=O)C1=C(CN2CCN(CC(=O)Nc3cccc(F)c3)CC2)NC(=O)N[C@@H]1CC. The molecule has 1 atom stereocenters. The fraction of sp³-hybridized carbons (Fsp3) is 0.500. The van der Waals surface area contributed by atoms with Gasteiger partial charge in [-0.25, -0.2) is 14.0 Å². The van der Waals surface area contributed by atoms with Crippen molar-refractivity contribution in [2.24, 2.45) is 0 Å². The summed E-state index contributed by atoms with van der Waals surface area (Å²) in [5.74, 6) is -1.02. The third-order valence-corrected chi connectivity index (χ3v) is 5.47. The second kappa shape index (κ2) is 11.1. The van der Waals surface area contributed by atoms with Gasteiger partial charge in [0.15, 0.2) is 0 Å². The maximum Gasteiger partial charge on any atom is 0.337 e. The Morgan fingerprint density at radius 1 is 1.19 bits per heavy atom. The van der Waals surface area contributed by atoms with Gasteiger partial charge in [0.25, 0.3) is 0 Å². The molecule has 0 bridgehead atoms. The Balaban J connectivity index is 1.56. The first kappa shape index (κ1) is 23.7. The van der Waals surface area contributed by atoms with Crippen molar-refractivity contribution < 1.29 is 23.5 Å². The molecule has 0 spiro atoms. The number of esters is 1. The van der Waals surface area contributed by atoms with Crippen LogP contribution in [0.25, 0.3) is 0 Å². The van der Waals surface area contributed by atoms with Gasteiger partial charge in [0, 0.05) is 44.1 Å². The van der Waals surface area contributed by atoms with Gasteiger partial charge in [-0.15, -0.1) is 0 Å². The van der Waals surface area contributed by atoms with Crippen molar-refractivity contribution in [2.45, 2.75) is 26.3 Å². The minimum absolute atomic E-state index is 0.201. The minimum Gasteiger partial charge on any atom is -0.463 e. The molecule has 174 valence electrons. The van der Waals surface area contributed by atoms with Crippen molar-refractivity contribution in [1.82, 2.24) is 20.4 Å². The van der Waals surface area contributed by atoms with Crippen LogP contribution >= 0.6 is 0 Å². The van der Waals surface area contributed by atoms with Crippen molar-refractivity contribution in [2.75, 3.05) is 51.2 Å². The van der Waals surface area contributed by atoms with Crippen molar-refractivity contribution in [3.05, 3.63) is 41.4 Å². The minimum atomic E-state index is -0.422. The molecule has 3 amide bonds. The van der Waals surface area contributed by atoms with Crippen molar-refractivity contribution in [3.8, 4) is 0 Å². The van der Waals surface area contributed by atoms with E-state index >= 15 is 0 Å². The molecule has 0 aromatic heterocycles. The standard InChI is InChI=1S/C22H30FN5O4/c1-3-17-20(21(30)32-4-2)18(26-22(31)25-17)13-27-8-10-28(11-9-27)14-19(29)24-16-7-5-6-15(23)12-16/h5-7,12,17H,3-4,8-11,13-14H2,1-2H3,(H,24,29)(H2,25,26,31)/t17-/m1/s1. The predicted molar refractivity (Wildman–Crippen MR) is 117 cm³/mol. The summed E-state index contributed by atoms with van der Waals surface area (Å²) in [7, 11) is 0. The fourth-order valence-corrected chi connectivity index (χ4v) is 3.89. The number of hydrogen-bond donors (Lipinski definition) is 3. The zero-order chi connectivity index (χ0) is 23.1. The van der Waals surface area contributed by atoms with E-state index in [0.717, 1.165) is 0 Å². The van der Waals surface area contributed by atoms with E-state index in [4.69, 9.17) is 4.74 Å². The molecule has 1 saturated heterocycles. The van der Waals surface area contributed by atoms with E-state index < -0.39 is 11.8 Å². The lowest BCUT2D eigenvalue weighted by atomic mass is 10.00. The number of ether oxygens (including phenoxy) is 1. The molecule has 1 aromatic rings. The van der Waals surface area contributed by atoms with E-state index in [0.29, 0.717) is 56.1 Å². The first-order valence-electron chi connectivity index (χ1n) is 10.9. The topological polar surface area (TPSA) is 103 Å². The van der Waals surface area contributed by atoms with Crippen molar-refractivity contribution in [3.63, 3.8) is 0 Å². The molecular formula is C22H30FN5O4. The Morgan fingerprint density at radius 2 is 1.91 bits per heavy atom. The van der Waals surface area contributed by atoms with Crippen LogP contribution in [0.15, 0.2) is 35.5 Å². The van der Waals surface area contributed by atoms with Crippen LogP contribution in [-0.2, 0) is 14.3 Å². The molecule has 0 unspecified atom stereocenters. The molecule has 0 aliphatic carbocycles. The van der Waals surface area contributed by atoms with Gasteiger partial charge >= 0.3 is 12.0 Å². The lowest BCUT2D eigenvalue weighted by Crippen LogP contribution is -2.54. The molecule has 2 aliphatic rings.